The van der Waals surface area contributed by atoms with E-state index in [2.05, 4.69) is 15.3 Å². The fourth-order valence-electron chi connectivity index (χ4n) is 4.22. The number of aromatic amines is 1. The molecule has 2 amide bonds. The Morgan fingerprint density at radius 2 is 1.97 bits per heavy atom. The summed E-state index contributed by atoms with van der Waals surface area (Å²) in [7, 11) is 0. The molecule has 3 aromatic rings. The Labute approximate surface area is 188 Å². The number of alkyl halides is 2. The summed E-state index contributed by atoms with van der Waals surface area (Å²) in [6.07, 6.45) is 0.167. The first-order chi connectivity index (χ1) is 15.3. The molecule has 1 aliphatic carbocycles. The minimum absolute atomic E-state index is 0.0255. The molecule has 2 aromatic heterocycles. The number of fused-ring (bicyclic) bond motifs is 1. The van der Waals surface area contributed by atoms with E-state index in [1.54, 1.807) is 6.07 Å². The maximum atomic E-state index is 13.4. The Morgan fingerprint density at radius 1 is 1.22 bits per heavy atom. The number of nitrogens with one attached hydrogen (secondary N) is 2. The van der Waals surface area contributed by atoms with Crippen LogP contribution in [0, 0.1) is 5.92 Å². The summed E-state index contributed by atoms with van der Waals surface area (Å²) in [5, 5.41) is 3.04. The molecular formula is C23H24F2N4O2S. The van der Waals surface area contributed by atoms with Crippen molar-refractivity contribution in [1.29, 1.82) is 0 Å². The number of amides is 2. The molecule has 3 heterocycles. The van der Waals surface area contributed by atoms with E-state index in [0.717, 1.165) is 28.2 Å². The SMILES string of the molecule is C[C@@H](NC(=O)[C@@H]1C[C@H]1c1nc2ccccc2[nH]1)c1ccc(C(=O)N2CCC(F)(F)CC2)s1. The van der Waals surface area contributed by atoms with Gasteiger partial charge in [-0.3, -0.25) is 9.59 Å². The number of aromatic nitrogens is 2. The third kappa shape index (κ3) is 4.13. The van der Waals surface area contributed by atoms with Crippen molar-refractivity contribution >= 4 is 34.2 Å². The second kappa shape index (κ2) is 7.95. The summed E-state index contributed by atoms with van der Waals surface area (Å²) in [5.74, 6) is -2.11. The van der Waals surface area contributed by atoms with Crippen LogP contribution in [0.25, 0.3) is 11.0 Å². The van der Waals surface area contributed by atoms with Gasteiger partial charge in [0, 0.05) is 42.6 Å². The first kappa shape index (κ1) is 21.1. The molecule has 1 saturated carbocycles. The summed E-state index contributed by atoms with van der Waals surface area (Å²) < 4.78 is 26.7. The van der Waals surface area contributed by atoms with Crippen molar-refractivity contribution in [2.75, 3.05) is 13.1 Å². The number of benzene rings is 1. The molecule has 168 valence electrons. The monoisotopic (exact) mass is 458 g/mol. The van der Waals surface area contributed by atoms with Gasteiger partial charge in [-0.2, -0.15) is 0 Å². The fraction of sp³-hybridized carbons (Fsp3) is 0.435. The van der Waals surface area contributed by atoms with Crippen LogP contribution in [0.3, 0.4) is 0 Å². The zero-order chi connectivity index (χ0) is 22.5. The van der Waals surface area contributed by atoms with Crippen LogP contribution in [0.1, 0.15) is 58.5 Å². The smallest absolute Gasteiger partial charge is 0.263 e. The fourth-order valence-corrected chi connectivity index (χ4v) is 5.20. The van der Waals surface area contributed by atoms with E-state index in [4.69, 9.17) is 0 Å². The zero-order valence-electron chi connectivity index (χ0n) is 17.6. The molecule has 9 heteroatoms. The Morgan fingerprint density at radius 3 is 2.72 bits per heavy atom. The van der Waals surface area contributed by atoms with Crippen molar-refractivity contribution in [1.82, 2.24) is 20.2 Å². The number of thiophene rings is 1. The highest BCUT2D eigenvalue weighted by molar-refractivity contribution is 7.14. The molecule has 1 aliphatic heterocycles. The van der Waals surface area contributed by atoms with Gasteiger partial charge >= 0.3 is 0 Å². The normalized spacial score (nSPS) is 23.2. The number of carbonyl (C=O) groups excluding carboxylic acids is 2. The maximum Gasteiger partial charge on any atom is 0.263 e. The molecule has 1 aromatic carbocycles. The predicted octanol–water partition coefficient (Wildman–Crippen LogP) is 4.48. The van der Waals surface area contributed by atoms with Crippen molar-refractivity contribution in [2.45, 2.75) is 44.1 Å². The summed E-state index contributed by atoms with van der Waals surface area (Å²) >= 11 is 1.30. The number of imidazole rings is 1. The summed E-state index contributed by atoms with van der Waals surface area (Å²) in [4.78, 5) is 36.2. The van der Waals surface area contributed by atoms with Gasteiger partial charge in [0.2, 0.25) is 5.91 Å². The van der Waals surface area contributed by atoms with E-state index < -0.39 is 5.92 Å². The third-order valence-electron chi connectivity index (χ3n) is 6.29. The van der Waals surface area contributed by atoms with Crippen LogP contribution >= 0.6 is 11.3 Å². The highest BCUT2D eigenvalue weighted by atomic mass is 32.1. The van der Waals surface area contributed by atoms with Gasteiger partial charge < -0.3 is 15.2 Å². The van der Waals surface area contributed by atoms with E-state index in [9.17, 15) is 18.4 Å². The quantitative estimate of drug-likeness (QED) is 0.592. The number of para-hydroxylation sites is 2. The second-order valence-electron chi connectivity index (χ2n) is 8.67. The molecule has 2 N–H and O–H groups in total. The van der Waals surface area contributed by atoms with Crippen LogP contribution in [-0.2, 0) is 4.79 Å². The van der Waals surface area contributed by atoms with E-state index in [-0.39, 0.29) is 55.6 Å². The molecule has 0 bridgehead atoms. The van der Waals surface area contributed by atoms with Crippen molar-refractivity contribution in [3.05, 3.63) is 52.0 Å². The van der Waals surface area contributed by atoms with Crippen LogP contribution in [0.15, 0.2) is 36.4 Å². The van der Waals surface area contributed by atoms with E-state index in [1.807, 2.05) is 37.3 Å². The number of piperidine rings is 1. The molecule has 32 heavy (non-hydrogen) atoms. The Balaban J connectivity index is 1.18. The summed E-state index contributed by atoms with van der Waals surface area (Å²) in [6.45, 7) is 2.02. The van der Waals surface area contributed by atoms with Crippen LogP contribution in [0.4, 0.5) is 8.78 Å². The van der Waals surface area contributed by atoms with Gasteiger partial charge in [-0.1, -0.05) is 12.1 Å². The van der Waals surface area contributed by atoms with Gasteiger partial charge in [0.25, 0.3) is 11.8 Å². The van der Waals surface area contributed by atoms with Crippen molar-refractivity contribution in [3.63, 3.8) is 0 Å². The van der Waals surface area contributed by atoms with E-state index in [1.165, 1.54) is 16.2 Å². The predicted molar refractivity (Wildman–Crippen MR) is 118 cm³/mol. The zero-order valence-corrected chi connectivity index (χ0v) is 18.4. The first-order valence-electron chi connectivity index (χ1n) is 10.8. The highest BCUT2D eigenvalue weighted by Crippen LogP contribution is 2.47. The minimum Gasteiger partial charge on any atom is -0.349 e. The lowest BCUT2D eigenvalue weighted by molar-refractivity contribution is -0.123. The Hall–Kier alpha value is -2.81. The number of H-pyrrole nitrogens is 1. The van der Waals surface area contributed by atoms with Crippen LogP contribution in [0.2, 0.25) is 0 Å². The minimum atomic E-state index is -2.68. The van der Waals surface area contributed by atoms with Gasteiger partial charge in [-0.05, 0) is 37.6 Å². The largest absolute Gasteiger partial charge is 0.349 e. The molecule has 0 unspecified atom stereocenters. The van der Waals surface area contributed by atoms with Gasteiger partial charge in [-0.25, -0.2) is 13.8 Å². The molecule has 6 nitrogen and oxygen atoms in total. The molecule has 3 atom stereocenters. The number of hydrogen-bond acceptors (Lipinski definition) is 4. The van der Waals surface area contributed by atoms with Gasteiger partial charge in [0.15, 0.2) is 0 Å². The number of nitrogens with zero attached hydrogens (tertiary/aromatic N) is 2. The molecule has 5 rings (SSSR count). The van der Waals surface area contributed by atoms with Crippen molar-refractivity contribution in [3.8, 4) is 0 Å². The lowest BCUT2D eigenvalue weighted by Crippen LogP contribution is -2.42. The molecule has 0 spiro atoms. The first-order valence-corrected chi connectivity index (χ1v) is 11.6. The topological polar surface area (TPSA) is 78.1 Å². The van der Waals surface area contributed by atoms with Gasteiger partial charge in [0.1, 0.15) is 5.82 Å². The third-order valence-corrected chi connectivity index (χ3v) is 7.55. The maximum absolute atomic E-state index is 13.4. The lowest BCUT2D eigenvalue weighted by atomic mass is 10.1. The average molecular weight is 459 g/mol. The molecule has 2 aliphatic rings. The van der Waals surface area contributed by atoms with Gasteiger partial charge in [0.05, 0.1) is 22.0 Å². The van der Waals surface area contributed by atoms with Crippen LogP contribution in [0.5, 0.6) is 0 Å². The average Bonchev–Trinajstić information content (AvgIpc) is 3.21. The van der Waals surface area contributed by atoms with E-state index in [0.29, 0.717) is 4.88 Å². The summed E-state index contributed by atoms with van der Waals surface area (Å²) in [6, 6.07) is 11.1. The highest BCUT2D eigenvalue weighted by Gasteiger charge is 2.46. The number of hydrogen-bond donors (Lipinski definition) is 2. The number of halogens is 2. The second-order valence-corrected chi connectivity index (χ2v) is 9.78. The van der Waals surface area contributed by atoms with Crippen LogP contribution in [-0.4, -0.2) is 45.7 Å². The standard InChI is InChI=1S/C23H24F2N4O2S/c1-13(18-6-7-19(32-18)22(31)29-10-8-23(24,25)9-11-29)26-21(30)15-12-14(15)20-27-16-4-2-3-5-17(16)28-20/h2-7,13-15H,8-12H2,1H3,(H,26,30)(H,27,28)/t13-,14-,15-/m1/s1. The lowest BCUT2D eigenvalue weighted by Gasteiger charge is -2.31. The van der Waals surface area contributed by atoms with Gasteiger partial charge in [-0.15, -0.1) is 11.3 Å². The molecule has 0 radical (unpaired) electrons. The van der Waals surface area contributed by atoms with E-state index >= 15 is 0 Å². The van der Waals surface area contributed by atoms with Crippen molar-refractivity contribution < 1.29 is 18.4 Å². The number of rotatable bonds is 5. The number of carbonyl (C=O) groups is 2. The van der Waals surface area contributed by atoms with Crippen molar-refractivity contribution in [2.24, 2.45) is 5.92 Å². The number of likely N-dealkylation sites (tertiary alicyclic amines) is 1. The summed E-state index contributed by atoms with van der Waals surface area (Å²) in [5.41, 5.74) is 1.87. The Bertz CT molecular complexity index is 1130. The Kier molecular flexibility index (Phi) is 5.23. The molecule has 2 fully saturated rings. The molecule has 1 saturated heterocycles. The van der Waals surface area contributed by atoms with Crippen LogP contribution < -0.4 is 5.32 Å². The molecular weight excluding hydrogens is 434 g/mol.